The van der Waals surface area contributed by atoms with E-state index in [0.29, 0.717) is 95.4 Å². The van der Waals surface area contributed by atoms with E-state index in [1.54, 1.807) is 0 Å². The van der Waals surface area contributed by atoms with Gasteiger partial charge in [0.05, 0.1) is 5.69 Å². The number of nitrogens with zero attached hydrogens (tertiary/aromatic N) is 5. The monoisotopic (exact) mass is 1500 g/mol. The summed E-state index contributed by atoms with van der Waals surface area (Å²) < 4.78 is 0. The zero-order valence-electron chi connectivity index (χ0n) is 74.5. The number of carbonyl (C=O) groups excluding carboxylic acids is 4. The lowest BCUT2D eigenvalue weighted by atomic mass is 9.87. The summed E-state index contributed by atoms with van der Waals surface area (Å²) in [5.74, 6) is 8.17. The highest BCUT2D eigenvalue weighted by Gasteiger charge is 2.27. The second-order valence-electron chi connectivity index (χ2n) is 34.6. The fourth-order valence-corrected chi connectivity index (χ4v) is 11.9. The first-order valence-electron chi connectivity index (χ1n) is 41.6. The van der Waals surface area contributed by atoms with Crippen molar-refractivity contribution in [1.82, 2.24) is 30.1 Å². The van der Waals surface area contributed by atoms with Crippen molar-refractivity contribution in [1.29, 1.82) is 0 Å². The van der Waals surface area contributed by atoms with Crippen molar-refractivity contribution in [3.63, 3.8) is 0 Å². The van der Waals surface area contributed by atoms with Crippen molar-refractivity contribution < 1.29 is 19.2 Å². The second kappa shape index (κ2) is 52.7. The first-order valence-corrected chi connectivity index (χ1v) is 41.6. The van der Waals surface area contributed by atoms with Gasteiger partial charge in [0.25, 0.3) is 0 Å². The molecule has 3 aromatic heterocycles. The number of Topliss-reactive ketones (excluding diaryl/α,β-unsaturated/α-hetero) is 2. The molecule has 5 N–H and O–H groups in total. The highest BCUT2D eigenvalue weighted by Crippen LogP contribution is 2.27. The molecule has 610 valence electrons. The molecule has 5 heterocycles. The number of piperidine rings is 2. The predicted molar refractivity (Wildman–Crippen MR) is 472 cm³/mol. The van der Waals surface area contributed by atoms with E-state index in [4.69, 9.17) is 0 Å². The molecule has 0 saturated carbocycles. The molecule has 2 aliphatic rings. The van der Waals surface area contributed by atoms with Crippen molar-refractivity contribution >= 4 is 46.4 Å². The van der Waals surface area contributed by atoms with Gasteiger partial charge in [0.15, 0.2) is 11.6 Å². The van der Waals surface area contributed by atoms with Crippen LogP contribution in [0.4, 0.5) is 23.0 Å². The third-order valence-corrected chi connectivity index (χ3v) is 18.5. The van der Waals surface area contributed by atoms with Crippen LogP contribution >= 0.6 is 0 Å². The van der Waals surface area contributed by atoms with Gasteiger partial charge in [-0.05, 0) is 210 Å². The van der Waals surface area contributed by atoms with Crippen LogP contribution in [0.3, 0.4) is 0 Å². The van der Waals surface area contributed by atoms with Crippen LogP contribution in [0.2, 0.25) is 0 Å². The van der Waals surface area contributed by atoms with Gasteiger partial charge < -0.3 is 36.4 Å². The molecule has 2 amide bonds. The number of pyridine rings is 3. The molecule has 8 rings (SSSR count). The summed E-state index contributed by atoms with van der Waals surface area (Å²) >= 11 is 0. The van der Waals surface area contributed by atoms with Gasteiger partial charge >= 0.3 is 0 Å². The summed E-state index contributed by atoms with van der Waals surface area (Å²) in [6, 6.07) is 38.0. The second-order valence-corrected chi connectivity index (χ2v) is 34.6. The number of carbonyl (C=O) groups is 4. The molecule has 3 aromatic carbocycles. The van der Waals surface area contributed by atoms with Gasteiger partial charge in [-0.25, -0.2) is 9.97 Å². The summed E-state index contributed by atoms with van der Waals surface area (Å²) in [5.41, 5.74) is 11.8. The minimum absolute atomic E-state index is 0.0809. The highest BCUT2D eigenvalue weighted by molar-refractivity contribution is 5.98. The Labute approximate surface area is 666 Å². The zero-order chi connectivity index (χ0) is 82.9. The molecule has 0 bridgehead atoms. The minimum Gasteiger partial charge on any atom is -0.383 e. The van der Waals surface area contributed by atoms with E-state index < -0.39 is 0 Å². The SMILES string of the molecule is CC(C)C(=O)N1CCCC(C(C)C)C1.CC(C)C(=O)c1cccc(C(C)C)c1.CC(C)C(=O)c1cccc(C(C)C)c1.CC(C)NC1CCN(C(=O)C(C)C)CC1.CC(C)Nc1cc(C(C)C)ccn1.CC(C)Nc1ccc(C(C)C)cc1.CC(C)Nc1cncc(C(C)C)c1.CC(C)Nc1ncccc1C(C)C. The molecule has 2 aliphatic heterocycles. The molecule has 109 heavy (non-hydrogen) atoms. The lowest BCUT2D eigenvalue weighted by Crippen LogP contribution is -2.47. The van der Waals surface area contributed by atoms with Gasteiger partial charge in [-0.2, -0.15) is 0 Å². The number of likely N-dealkylation sites (tertiary alicyclic amines) is 2. The molecule has 1 atom stereocenters. The maximum Gasteiger partial charge on any atom is 0.225 e. The molecule has 6 aromatic rings. The largest absolute Gasteiger partial charge is 0.383 e. The van der Waals surface area contributed by atoms with Crippen LogP contribution in [0.25, 0.3) is 0 Å². The number of benzene rings is 3. The topological polar surface area (TPSA) is 174 Å². The van der Waals surface area contributed by atoms with E-state index in [1.165, 1.54) is 51.9 Å². The van der Waals surface area contributed by atoms with Crippen LogP contribution in [0.15, 0.2) is 128 Å². The Balaban J connectivity index is 0.000000623. The smallest absolute Gasteiger partial charge is 0.225 e. The van der Waals surface area contributed by atoms with Crippen molar-refractivity contribution in [3.8, 4) is 0 Å². The number of nitrogens with one attached hydrogen (secondary N) is 5. The lowest BCUT2D eigenvalue weighted by Gasteiger charge is -2.35. The van der Waals surface area contributed by atoms with E-state index in [1.807, 2.05) is 128 Å². The Kier molecular flexibility index (Phi) is 48.1. The number of rotatable bonds is 23. The number of anilines is 4. The van der Waals surface area contributed by atoms with Crippen LogP contribution < -0.4 is 26.6 Å². The number of amides is 2. The first-order chi connectivity index (χ1) is 50.9. The molecule has 1 unspecified atom stereocenters. The maximum absolute atomic E-state index is 11.8. The summed E-state index contributed by atoms with van der Waals surface area (Å²) in [6.07, 6.45) is 12.1. The van der Waals surface area contributed by atoms with Gasteiger partial charge in [-0.1, -0.05) is 221 Å². The Morgan fingerprint density at radius 3 is 1.26 bits per heavy atom. The maximum atomic E-state index is 11.8. The summed E-state index contributed by atoms with van der Waals surface area (Å²) in [7, 11) is 0. The fraction of sp³-hybridized carbons (Fsp3) is 0.611. The van der Waals surface area contributed by atoms with Gasteiger partial charge in [-0.15, -0.1) is 0 Å². The molecule has 14 nitrogen and oxygen atoms in total. The van der Waals surface area contributed by atoms with E-state index >= 15 is 0 Å². The van der Waals surface area contributed by atoms with E-state index in [-0.39, 0.29) is 35.2 Å². The number of ketones is 2. The van der Waals surface area contributed by atoms with E-state index in [0.717, 1.165) is 67.5 Å². The fourth-order valence-electron chi connectivity index (χ4n) is 11.9. The van der Waals surface area contributed by atoms with Crippen LogP contribution in [-0.4, -0.2) is 111 Å². The predicted octanol–water partition coefficient (Wildman–Crippen LogP) is 24.2. The van der Waals surface area contributed by atoms with Crippen molar-refractivity contribution in [3.05, 3.63) is 172 Å². The van der Waals surface area contributed by atoms with Gasteiger partial charge in [-0.3, -0.25) is 24.2 Å². The minimum atomic E-state index is 0.0809. The Bertz CT molecular complexity index is 3340. The third-order valence-electron chi connectivity index (χ3n) is 18.5. The molecule has 14 heteroatoms. The van der Waals surface area contributed by atoms with Gasteiger partial charge in [0.1, 0.15) is 11.6 Å². The Morgan fingerprint density at radius 2 is 0.835 bits per heavy atom. The normalized spacial score (nSPS) is 13.6. The number of aromatic nitrogens is 3. The van der Waals surface area contributed by atoms with Crippen molar-refractivity contribution in [2.75, 3.05) is 47.4 Å². The van der Waals surface area contributed by atoms with Crippen molar-refractivity contribution in [2.45, 2.75) is 319 Å². The third kappa shape index (κ3) is 41.4. The van der Waals surface area contributed by atoms with Crippen LogP contribution in [0, 0.1) is 35.5 Å². The molecule has 2 saturated heterocycles. The molecule has 2 fully saturated rings. The van der Waals surface area contributed by atoms with Crippen LogP contribution in [-0.2, 0) is 9.59 Å². The van der Waals surface area contributed by atoms with Gasteiger partial charge in [0.2, 0.25) is 11.8 Å². The van der Waals surface area contributed by atoms with Crippen molar-refractivity contribution in [2.24, 2.45) is 35.5 Å². The Morgan fingerprint density at radius 1 is 0.376 bits per heavy atom. The summed E-state index contributed by atoms with van der Waals surface area (Å²) in [5, 5.41) is 16.9. The zero-order valence-corrected chi connectivity index (χ0v) is 74.5. The molecular formula is C95H156N10O4. The molecular weight excluding hydrogens is 1350 g/mol. The summed E-state index contributed by atoms with van der Waals surface area (Å²) in [4.78, 5) is 63.8. The summed E-state index contributed by atoms with van der Waals surface area (Å²) in [6.45, 7) is 71.4. The standard InChI is InChI=1S/2C13H18O.C12H24N2O.C12H23NO.C12H19N.3C11H18N2/c2*1-9(2)11-6-5-7-12(8-11)13(14)10(3)4;1-9(2)12(15)14-7-5-11(6-8-14)13-10(3)4;1-9(2)11-6-5-7-13(8-11)12(14)10(3)4;1-9(2)11-5-7-12(8-6-11)13-10(3)4;1-8(2)10-5-11(7-12-6-10)13-9(3)4;1-8(2)10-5-6-12-11(7-10)13-9(3)4;1-8(2)10-6-5-7-12-11(10)13-9(3)4/h2*5-10H,1-4H3;9-11,13H,5-8H2,1-4H3;9-11H,5-8H2,1-4H3;5-10,13H,1-4H3;5-9,13H,1-4H3;2*5-9H,1-4H3,(H,12,13). The average Bonchev–Trinajstić information content (AvgIpc) is 0.882. The average molecular weight is 1500 g/mol. The number of hydrogen-bond acceptors (Lipinski definition) is 12. The molecule has 0 radical (unpaired) electrons. The highest BCUT2D eigenvalue weighted by atomic mass is 16.2. The number of hydrogen-bond donors (Lipinski definition) is 5. The lowest BCUT2D eigenvalue weighted by molar-refractivity contribution is -0.137. The quantitative estimate of drug-likeness (QED) is 0.0385. The van der Waals surface area contributed by atoms with Crippen LogP contribution in [0.5, 0.6) is 0 Å². The first kappa shape index (κ1) is 99.6. The van der Waals surface area contributed by atoms with E-state index in [9.17, 15) is 19.2 Å². The van der Waals surface area contributed by atoms with Crippen LogP contribution in [0.1, 0.15) is 337 Å². The van der Waals surface area contributed by atoms with E-state index in [2.05, 4.69) is 273 Å². The molecule has 0 aliphatic carbocycles. The van der Waals surface area contributed by atoms with Gasteiger partial charge in [0, 0.05) is 128 Å². The molecule has 0 spiro atoms. The Hall–Kier alpha value is -7.45.